The van der Waals surface area contributed by atoms with Crippen LogP contribution >= 0.6 is 15.9 Å². The number of alkyl halides is 1. The largest absolute Gasteiger partial charge is 0.384 e. The zero-order chi connectivity index (χ0) is 11.6. The van der Waals surface area contributed by atoms with Gasteiger partial charge < -0.3 is 4.74 Å². The van der Waals surface area contributed by atoms with Gasteiger partial charge in [-0.05, 0) is 0 Å². The lowest BCUT2D eigenvalue weighted by Gasteiger charge is -2.27. The second kappa shape index (κ2) is 9.85. The standard InChI is InChI=1S/C12H27BrOSi/c1-4-6-10-15(3,11-7-5-2)12-14-9-8-13/h4-12H2,1-3H3. The Morgan fingerprint density at radius 1 is 1.07 bits per heavy atom. The normalized spacial score (nSPS) is 12.0. The lowest BCUT2D eigenvalue weighted by atomic mass is 10.4. The zero-order valence-corrected chi connectivity index (χ0v) is 13.2. The third kappa shape index (κ3) is 8.46. The quantitative estimate of drug-likeness (QED) is 0.325. The van der Waals surface area contributed by atoms with Crippen molar-refractivity contribution in [3.63, 3.8) is 0 Å². The second-order valence-electron chi connectivity index (χ2n) is 4.76. The van der Waals surface area contributed by atoms with Crippen LogP contribution in [-0.4, -0.2) is 26.2 Å². The summed E-state index contributed by atoms with van der Waals surface area (Å²) in [6, 6.07) is 2.90. The third-order valence-corrected chi connectivity index (χ3v) is 7.29. The van der Waals surface area contributed by atoms with Gasteiger partial charge in [0.25, 0.3) is 0 Å². The molecule has 0 aromatic heterocycles. The van der Waals surface area contributed by atoms with E-state index in [1.807, 2.05) is 0 Å². The molecule has 0 heterocycles. The lowest BCUT2D eigenvalue weighted by molar-refractivity contribution is 0.191. The average Bonchev–Trinajstić information content (AvgIpc) is 2.24. The van der Waals surface area contributed by atoms with E-state index in [0.717, 1.165) is 18.2 Å². The summed E-state index contributed by atoms with van der Waals surface area (Å²) in [5.41, 5.74) is 0. The minimum absolute atomic E-state index is 0.876. The van der Waals surface area contributed by atoms with Crippen LogP contribution in [0.15, 0.2) is 0 Å². The Labute approximate surface area is 105 Å². The summed E-state index contributed by atoms with van der Waals surface area (Å²) in [6.45, 7) is 7.97. The topological polar surface area (TPSA) is 9.23 Å². The van der Waals surface area contributed by atoms with E-state index in [1.165, 1.54) is 37.8 Å². The molecular weight excluding hydrogens is 268 g/mol. The van der Waals surface area contributed by atoms with Crippen molar-refractivity contribution in [3.8, 4) is 0 Å². The highest BCUT2D eigenvalue weighted by Gasteiger charge is 2.25. The Hall–Kier alpha value is 0.657. The van der Waals surface area contributed by atoms with Crippen LogP contribution in [0.25, 0.3) is 0 Å². The van der Waals surface area contributed by atoms with Gasteiger partial charge in [0, 0.05) is 11.6 Å². The average molecular weight is 295 g/mol. The van der Waals surface area contributed by atoms with Crippen molar-refractivity contribution in [1.29, 1.82) is 0 Å². The van der Waals surface area contributed by atoms with Crippen LogP contribution in [0, 0.1) is 0 Å². The van der Waals surface area contributed by atoms with Crippen LogP contribution in [0.5, 0.6) is 0 Å². The van der Waals surface area contributed by atoms with Crippen LogP contribution in [-0.2, 0) is 4.74 Å². The Morgan fingerprint density at radius 2 is 1.60 bits per heavy atom. The highest BCUT2D eigenvalue weighted by molar-refractivity contribution is 9.09. The molecule has 0 N–H and O–H groups in total. The first-order valence-electron chi connectivity index (χ1n) is 6.32. The highest BCUT2D eigenvalue weighted by atomic mass is 79.9. The fourth-order valence-electron chi connectivity index (χ4n) is 1.85. The van der Waals surface area contributed by atoms with Crippen LogP contribution in [0.2, 0.25) is 18.6 Å². The van der Waals surface area contributed by atoms with Crippen molar-refractivity contribution in [2.75, 3.05) is 18.2 Å². The first-order valence-corrected chi connectivity index (χ1v) is 10.6. The molecule has 0 fully saturated rings. The summed E-state index contributed by atoms with van der Waals surface area (Å²) in [5, 5.41) is 0.971. The van der Waals surface area contributed by atoms with E-state index in [9.17, 15) is 0 Å². The molecule has 0 aromatic carbocycles. The van der Waals surface area contributed by atoms with E-state index >= 15 is 0 Å². The minimum atomic E-state index is -1.07. The Kier molecular flexibility index (Phi) is 10.3. The first kappa shape index (κ1) is 15.7. The van der Waals surface area contributed by atoms with Crippen molar-refractivity contribution in [2.45, 2.75) is 58.2 Å². The summed E-state index contributed by atoms with van der Waals surface area (Å²) < 4.78 is 5.76. The SMILES string of the molecule is CCCC[Si](C)(CCCC)COCCBr. The summed E-state index contributed by atoms with van der Waals surface area (Å²) >= 11 is 3.41. The molecule has 1 nitrogen and oxygen atoms in total. The minimum Gasteiger partial charge on any atom is -0.384 e. The Balaban J connectivity index is 3.89. The Bertz CT molecular complexity index is 134. The molecule has 0 saturated carbocycles. The molecule has 0 saturated heterocycles. The molecule has 0 amide bonds. The molecule has 0 aliphatic carbocycles. The summed E-state index contributed by atoms with van der Waals surface area (Å²) in [4.78, 5) is 0. The number of ether oxygens (including phenoxy) is 1. The number of halogens is 1. The van der Waals surface area contributed by atoms with Crippen LogP contribution in [0.4, 0.5) is 0 Å². The molecule has 0 radical (unpaired) electrons. The maximum absolute atomic E-state index is 5.76. The molecule has 0 spiro atoms. The van der Waals surface area contributed by atoms with Crippen LogP contribution < -0.4 is 0 Å². The van der Waals surface area contributed by atoms with E-state index in [-0.39, 0.29) is 0 Å². The number of rotatable bonds is 10. The molecule has 0 aromatic rings. The zero-order valence-electron chi connectivity index (χ0n) is 10.7. The van der Waals surface area contributed by atoms with Gasteiger partial charge >= 0.3 is 0 Å². The van der Waals surface area contributed by atoms with Gasteiger partial charge in [-0.2, -0.15) is 0 Å². The molecular formula is C12H27BrOSi. The molecule has 0 unspecified atom stereocenters. The highest BCUT2D eigenvalue weighted by Crippen LogP contribution is 2.22. The fraction of sp³-hybridized carbons (Fsp3) is 1.00. The smallest absolute Gasteiger partial charge is 0.0806 e. The van der Waals surface area contributed by atoms with Crippen molar-refractivity contribution in [3.05, 3.63) is 0 Å². The van der Waals surface area contributed by atoms with E-state index in [1.54, 1.807) is 0 Å². The maximum atomic E-state index is 5.76. The van der Waals surface area contributed by atoms with Crippen LogP contribution in [0.3, 0.4) is 0 Å². The predicted octanol–water partition coefficient (Wildman–Crippen LogP) is 4.62. The van der Waals surface area contributed by atoms with Crippen molar-refractivity contribution >= 4 is 24.0 Å². The number of unbranched alkanes of at least 4 members (excludes halogenated alkanes) is 2. The van der Waals surface area contributed by atoms with Gasteiger partial charge in [-0.25, -0.2) is 0 Å². The fourth-order valence-corrected chi connectivity index (χ4v) is 5.67. The molecule has 0 aliphatic heterocycles. The molecule has 0 rings (SSSR count). The Morgan fingerprint density at radius 3 is 2.00 bits per heavy atom. The molecule has 3 heteroatoms. The number of hydrogen-bond donors (Lipinski definition) is 0. The van der Waals surface area contributed by atoms with Gasteiger partial charge in [-0.1, -0.05) is 74.1 Å². The van der Waals surface area contributed by atoms with Gasteiger partial charge in [0.05, 0.1) is 14.7 Å². The third-order valence-electron chi connectivity index (χ3n) is 2.94. The van der Waals surface area contributed by atoms with E-state index in [0.29, 0.717) is 0 Å². The van der Waals surface area contributed by atoms with E-state index < -0.39 is 8.07 Å². The molecule has 0 atom stereocenters. The molecule has 0 bridgehead atoms. The summed E-state index contributed by atoms with van der Waals surface area (Å²) in [6.07, 6.45) is 6.51. The van der Waals surface area contributed by atoms with Gasteiger partial charge in [-0.15, -0.1) is 0 Å². The summed E-state index contributed by atoms with van der Waals surface area (Å²) in [5.74, 6) is 0. The van der Waals surface area contributed by atoms with Crippen molar-refractivity contribution in [1.82, 2.24) is 0 Å². The lowest BCUT2D eigenvalue weighted by Crippen LogP contribution is -2.36. The van der Waals surface area contributed by atoms with Gasteiger partial charge in [0.2, 0.25) is 0 Å². The van der Waals surface area contributed by atoms with Crippen LogP contribution in [0.1, 0.15) is 39.5 Å². The van der Waals surface area contributed by atoms with Gasteiger partial charge in [0.15, 0.2) is 0 Å². The first-order chi connectivity index (χ1) is 7.18. The monoisotopic (exact) mass is 294 g/mol. The molecule has 92 valence electrons. The molecule has 15 heavy (non-hydrogen) atoms. The summed E-state index contributed by atoms with van der Waals surface area (Å²) in [7, 11) is -1.07. The maximum Gasteiger partial charge on any atom is 0.0806 e. The predicted molar refractivity (Wildman–Crippen MR) is 75.7 cm³/mol. The van der Waals surface area contributed by atoms with Gasteiger partial charge in [-0.3, -0.25) is 0 Å². The van der Waals surface area contributed by atoms with E-state index in [4.69, 9.17) is 4.74 Å². The van der Waals surface area contributed by atoms with Gasteiger partial charge in [0.1, 0.15) is 0 Å². The van der Waals surface area contributed by atoms with E-state index in [2.05, 4.69) is 36.3 Å². The van der Waals surface area contributed by atoms with Crippen molar-refractivity contribution in [2.24, 2.45) is 0 Å². The second-order valence-corrected chi connectivity index (χ2v) is 10.5. The number of hydrogen-bond acceptors (Lipinski definition) is 1. The van der Waals surface area contributed by atoms with Crippen molar-refractivity contribution < 1.29 is 4.74 Å². The molecule has 0 aliphatic rings.